The number of carbonyl (C=O) groups is 1. The molecule has 0 unspecified atom stereocenters. The van der Waals surface area contributed by atoms with Gasteiger partial charge in [0.25, 0.3) is 0 Å². The number of urea groups is 1. The highest BCUT2D eigenvalue weighted by atomic mass is 16.5. The van der Waals surface area contributed by atoms with Crippen molar-refractivity contribution >= 4 is 28.6 Å². The van der Waals surface area contributed by atoms with Crippen molar-refractivity contribution in [2.75, 3.05) is 30.4 Å². The number of aromatic nitrogens is 4. The highest BCUT2D eigenvalue weighted by Gasteiger charge is 2.17. The molecule has 0 saturated carbocycles. The summed E-state index contributed by atoms with van der Waals surface area (Å²) >= 11 is 0. The average molecular weight is 412 g/mol. The first kappa shape index (κ1) is 21.5. The first-order valence-corrected chi connectivity index (χ1v) is 10.1. The molecule has 30 heavy (non-hydrogen) atoms. The molecule has 3 heterocycles. The fourth-order valence-electron chi connectivity index (χ4n) is 3.50. The van der Waals surface area contributed by atoms with Gasteiger partial charge in [-0.05, 0) is 38.0 Å². The number of pyridine rings is 2. The van der Waals surface area contributed by atoms with Crippen LogP contribution >= 0.6 is 0 Å². The van der Waals surface area contributed by atoms with Gasteiger partial charge < -0.3 is 20.8 Å². The summed E-state index contributed by atoms with van der Waals surface area (Å²) in [6.45, 7) is 7.93. The van der Waals surface area contributed by atoms with Crippen LogP contribution in [0.15, 0.2) is 24.5 Å². The lowest BCUT2D eigenvalue weighted by Crippen LogP contribution is -2.38. The molecule has 2 amide bonds. The van der Waals surface area contributed by atoms with Crippen molar-refractivity contribution < 1.29 is 9.53 Å². The van der Waals surface area contributed by atoms with E-state index in [0.717, 1.165) is 41.0 Å². The van der Waals surface area contributed by atoms with Gasteiger partial charge in [0.05, 0.1) is 37.2 Å². The monoisotopic (exact) mass is 411 g/mol. The Bertz CT molecular complexity index is 1020. The molecule has 0 atom stereocenters. The number of anilines is 2. The SMILES string of the molecule is CCCc1nc2c(N)nc(C)c(C)c2n1CCOCCN(C(N)=O)c1cccnc1. The number of carbonyl (C=O) groups excluding carboxylic acids is 1. The molecular weight excluding hydrogens is 382 g/mol. The van der Waals surface area contributed by atoms with Crippen LogP contribution in [-0.4, -0.2) is 45.3 Å². The fraction of sp³-hybridized carbons (Fsp3) is 0.429. The number of hydrogen-bond donors (Lipinski definition) is 2. The number of aryl methyl sites for hydroxylation is 3. The summed E-state index contributed by atoms with van der Waals surface area (Å²) in [5.41, 5.74) is 16.0. The fourth-order valence-corrected chi connectivity index (χ4v) is 3.50. The van der Waals surface area contributed by atoms with Crippen molar-refractivity contribution in [2.45, 2.75) is 40.2 Å². The third kappa shape index (κ3) is 4.51. The molecule has 9 heteroatoms. The molecule has 3 aromatic heterocycles. The molecule has 0 aliphatic carbocycles. The average Bonchev–Trinajstić information content (AvgIpc) is 3.08. The van der Waals surface area contributed by atoms with Gasteiger partial charge in [0.2, 0.25) is 0 Å². The lowest BCUT2D eigenvalue weighted by Gasteiger charge is -2.20. The number of rotatable bonds is 9. The van der Waals surface area contributed by atoms with E-state index in [0.29, 0.717) is 37.8 Å². The van der Waals surface area contributed by atoms with Crippen LogP contribution in [0.4, 0.5) is 16.3 Å². The zero-order chi connectivity index (χ0) is 21.7. The first-order chi connectivity index (χ1) is 14.4. The molecule has 0 aliphatic heterocycles. The molecule has 0 bridgehead atoms. The Hall–Kier alpha value is -3.20. The van der Waals surface area contributed by atoms with Gasteiger partial charge in [-0.25, -0.2) is 14.8 Å². The van der Waals surface area contributed by atoms with E-state index < -0.39 is 6.03 Å². The highest BCUT2D eigenvalue weighted by Crippen LogP contribution is 2.26. The van der Waals surface area contributed by atoms with Crippen LogP contribution in [0.2, 0.25) is 0 Å². The number of primary amides is 1. The van der Waals surface area contributed by atoms with E-state index in [2.05, 4.69) is 21.5 Å². The van der Waals surface area contributed by atoms with Crippen LogP contribution in [0.1, 0.15) is 30.4 Å². The number of ether oxygens (including phenoxy) is 1. The van der Waals surface area contributed by atoms with E-state index in [9.17, 15) is 4.79 Å². The predicted octanol–water partition coefficient (Wildman–Crippen LogP) is 2.58. The molecule has 0 spiro atoms. The van der Waals surface area contributed by atoms with E-state index in [1.807, 2.05) is 13.8 Å². The highest BCUT2D eigenvalue weighted by molar-refractivity contribution is 5.90. The van der Waals surface area contributed by atoms with E-state index in [1.54, 1.807) is 24.5 Å². The van der Waals surface area contributed by atoms with Crippen molar-refractivity contribution in [2.24, 2.45) is 5.73 Å². The van der Waals surface area contributed by atoms with Gasteiger partial charge in [-0.3, -0.25) is 9.88 Å². The minimum absolute atomic E-state index is 0.350. The van der Waals surface area contributed by atoms with E-state index >= 15 is 0 Å². The molecule has 0 saturated heterocycles. The summed E-state index contributed by atoms with van der Waals surface area (Å²) in [5, 5.41) is 0. The Morgan fingerprint density at radius 2 is 2.07 bits per heavy atom. The Labute approximate surface area is 176 Å². The van der Waals surface area contributed by atoms with Gasteiger partial charge in [0.15, 0.2) is 5.82 Å². The summed E-state index contributed by atoms with van der Waals surface area (Å²) in [6.07, 6.45) is 5.08. The number of amides is 2. The topological polar surface area (TPSA) is 125 Å². The van der Waals surface area contributed by atoms with Gasteiger partial charge in [0, 0.05) is 24.9 Å². The Morgan fingerprint density at radius 3 is 2.73 bits per heavy atom. The maximum absolute atomic E-state index is 11.7. The molecule has 3 rings (SSSR count). The van der Waals surface area contributed by atoms with Gasteiger partial charge in [0.1, 0.15) is 11.3 Å². The molecule has 9 nitrogen and oxygen atoms in total. The van der Waals surface area contributed by atoms with Gasteiger partial charge >= 0.3 is 6.03 Å². The maximum atomic E-state index is 11.7. The molecule has 3 aromatic rings. The van der Waals surface area contributed by atoms with Crippen molar-refractivity contribution in [1.82, 2.24) is 19.5 Å². The van der Waals surface area contributed by atoms with Gasteiger partial charge in [-0.2, -0.15) is 0 Å². The van der Waals surface area contributed by atoms with Crippen LogP contribution in [0.5, 0.6) is 0 Å². The van der Waals surface area contributed by atoms with E-state index in [1.165, 1.54) is 4.90 Å². The predicted molar refractivity (Wildman–Crippen MR) is 117 cm³/mol. The molecule has 0 aromatic carbocycles. The number of imidazole rings is 1. The van der Waals surface area contributed by atoms with Gasteiger partial charge in [-0.1, -0.05) is 6.92 Å². The zero-order valence-corrected chi connectivity index (χ0v) is 17.8. The quantitative estimate of drug-likeness (QED) is 0.521. The van der Waals surface area contributed by atoms with Crippen LogP contribution in [0.25, 0.3) is 11.0 Å². The lowest BCUT2D eigenvalue weighted by molar-refractivity contribution is 0.132. The maximum Gasteiger partial charge on any atom is 0.319 e. The summed E-state index contributed by atoms with van der Waals surface area (Å²) in [6, 6.07) is 3.01. The molecule has 0 radical (unpaired) electrons. The van der Waals surface area contributed by atoms with Gasteiger partial charge in [-0.15, -0.1) is 0 Å². The summed E-state index contributed by atoms with van der Waals surface area (Å²) in [5.74, 6) is 1.44. The van der Waals surface area contributed by atoms with Crippen LogP contribution in [-0.2, 0) is 17.7 Å². The largest absolute Gasteiger partial charge is 0.382 e. The number of nitrogens with two attached hydrogens (primary N) is 2. The van der Waals surface area contributed by atoms with Crippen molar-refractivity contribution in [1.29, 1.82) is 0 Å². The third-order valence-electron chi connectivity index (χ3n) is 5.09. The molecule has 0 fully saturated rings. The molecule has 4 N–H and O–H groups in total. The number of fused-ring (bicyclic) bond motifs is 1. The Morgan fingerprint density at radius 1 is 1.27 bits per heavy atom. The number of nitrogens with zero attached hydrogens (tertiary/aromatic N) is 5. The van der Waals surface area contributed by atoms with Crippen LogP contribution < -0.4 is 16.4 Å². The molecular formula is C21H29N7O2. The smallest absolute Gasteiger partial charge is 0.319 e. The summed E-state index contributed by atoms with van der Waals surface area (Å²) in [4.78, 5) is 26.4. The lowest BCUT2D eigenvalue weighted by atomic mass is 10.2. The minimum Gasteiger partial charge on any atom is -0.382 e. The molecule has 0 aliphatic rings. The normalized spacial score (nSPS) is 11.2. The second-order valence-electron chi connectivity index (χ2n) is 7.15. The van der Waals surface area contributed by atoms with Crippen molar-refractivity contribution in [3.8, 4) is 0 Å². The van der Waals surface area contributed by atoms with E-state index in [4.69, 9.17) is 21.2 Å². The van der Waals surface area contributed by atoms with Crippen LogP contribution in [0.3, 0.4) is 0 Å². The third-order valence-corrected chi connectivity index (χ3v) is 5.09. The Balaban J connectivity index is 1.68. The van der Waals surface area contributed by atoms with Crippen molar-refractivity contribution in [3.63, 3.8) is 0 Å². The van der Waals surface area contributed by atoms with E-state index in [-0.39, 0.29) is 0 Å². The first-order valence-electron chi connectivity index (χ1n) is 10.1. The van der Waals surface area contributed by atoms with Crippen LogP contribution in [0, 0.1) is 13.8 Å². The number of nitrogen functional groups attached to an aromatic ring is 1. The minimum atomic E-state index is -0.536. The Kier molecular flexibility index (Phi) is 6.83. The standard InChI is InChI=1S/C21H29N7O2/c1-4-6-17-26-18-19(14(2)15(3)25-20(18)22)28(17)10-12-30-11-9-27(21(23)29)16-7-5-8-24-13-16/h5,7-8,13H,4,6,9-12H2,1-3H3,(H2,22,25)(H2,23,29). The summed E-state index contributed by atoms with van der Waals surface area (Å²) < 4.78 is 8.00. The second kappa shape index (κ2) is 9.53. The summed E-state index contributed by atoms with van der Waals surface area (Å²) in [7, 11) is 0. The zero-order valence-electron chi connectivity index (χ0n) is 17.8. The molecule has 160 valence electrons. The van der Waals surface area contributed by atoms with Crippen molar-refractivity contribution in [3.05, 3.63) is 41.6 Å². The second-order valence-corrected chi connectivity index (χ2v) is 7.15. The number of hydrogen-bond acceptors (Lipinski definition) is 6.